The van der Waals surface area contributed by atoms with Crippen LogP contribution < -0.4 is 5.56 Å². The fraction of sp³-hybridized carbons (Fsp3) is 0. The molecule has 10 nitrogen and oxygen atoms in total. The SMILES string of the molecule is O=C(O)c1ccc(N=Nc2c(-c3cccc([N+](=O)[O-])c3)[nH][nH]c2=O)cc1. The molecule has 0 radical (unpaired) electrons. The summed E-state index contributed by atoms with van der Waals surface area (Å²) in [7, 11) is 0. The molecule has 1 aromatic heterocycles. The van der Waals surface area contributed by atoms with Crippen molar-refractivity contribution in [2.45, 2.75) is 0 Å². The highest BCUT2D eigenvalue weighted by Gasteiger charge is 2.14. The number of azo groups is 1. The van der Waals surface area contributed by atoms with Crippen molar-refractivity contribution in [1.29, 1.82) is 0 Å². The van der Waals surface area contributed by atoms with Crippen LogP contribution in [0.5, 0.6) is 0 Å². The number of nitro groups is 1. The number of nitrogens with one attached hydrogen (secondary N) is 2. The Morgan fingerprint density at radius 3 is 2.46 bits per heavy atom. The Labute approximate surface area is 145 Å². The van der Waals surface area contributed by atoms with Crippen molar-refractivity contribution in [3.8, 4) is 11.3 Å². The van der Waals surface area contributed by atoms with Gasteiger partial charge in [-0.3, -0.25) is 25.1 Å². The van der Waals surface area contributed by atoms with Crippen LogP contribution in [0.1, 0.15) is 10.4 Å². The molecule has 0 aliphatic heterocycles. The molecule has 1 heterocycles. The molecule has 0 atom stereocenters. The monoisotopic (exact) mass is 353 g/mol. The summed E-state index contributed by atoms with van der Waals surface area (Å²) >= 11 is 0. The molecule has 0 aliphatic carbocycles. The van der Waals surface area contributed by atoms with Gasteiger partial charge < -0.3 is 5.11 Å². The number of benzene rings is 2. The molecule has 3 N–H and O–H groups in total. The van der Waals surface area contributed by atoms with E-state index in [9.17, 15) is 19.7 Å². The first kappa shape index (κ1) is 16.8. The van der Waals surface area contributed by atoms with Crippen LogP contribution in [0, 0.1) is 10.1 Å². The fourth-order valence-electron chi connectivity index (χ4n) is 2.21. The number of aromatic nitrogens is 2. The topological polar surface area (TPSA) is 154 Å². The number of carboxylic acid groups (broad SMARTS) is 1. The second kappa shape index (κ2) is 6.81. The number of carboxylic acids is 1. The van der Waals surface area contributed by atoms with Crippen molar-refractivity contribution in [2.75, 3.05) is 0 Å². The highest BCUT2D eigenvalue weighted by Crippen LogP contribution is 2.28. The molecular formula is C16H11N5O5. The van der Waals surface area contributed by atoms with Crippen molar-refractivity contribution < 1.29 is 14.8 Å². The van der Waals surface area contributed by atoms with Crippen LogP contribution in [0.4, 0.5) is 17.1 Å². The molecule has 0 saturated heterocycles. The van der Waals surface area contributed by atoms with Crippen LogP contribution in [0.25, 0.3) is 11.3 Å². The molecular weight excluding hydrogens is 342 g/mol. The quantitative estimate of drug-likeness (QED) is 0.364. The van der Waals surface area contributed by atoms with Gasteiger partial charge in [0.2, 0.25) is 0 Å². The van der Waals surface area contributed by atoms with Crippen LogP contribution >= 0.6 is 0 Å². The first-order valence-corrected chi connectivity index (χ1v) is 7.26. The van der Waals surface area contributed by atoms with Gasteiger partial charge in [-0.25, -0.2) is 4.79 Å². The molecule has 0 fully saturated rings. The van der Waals surface area contributed by atoms with E-state index in [-0.39, 0.29) is 22.6 Å². The Morgan fingerprint density at radius 2 is 1.81 bits per heavy atom. The number of carbonyl (C=O) groups is 1. The molecule has 0 amide bonds. The molecule has 0 spiro atoms. The Hall–Kier alpha value is -4.08. The molecule has 2 aromatic carbocycles. The number of aromatic carboxylic acids is 1. The predicted octanol–water partition coefficient (Wildman–Crippen LogP) is 3.39. The number of nitrogens with zero attached hydrogens (tertiary/aromatic N) is 3. The third kappa shape index (κ3) is 3.38. The van der Waals surface area contributed by atoms with E-state index in [1.807, 2.05) is 0 Å². The van der Waals surface area contributed by atoms with E-state index >= 15 is 0 Å². The summed E-state index contributed by atoms with van der Waals surface area (Å²) in [5, 5.41) is 32.6. The molecule has 3 rings (SSSR count). The number of H-pyrrole nitrogens is 2. The lowest BCUT2D eigenvalue weighted by Gasteiger charge is -1.99. The third-order valence-corrected chi connectivity index (χ3v) is 3.48. The number of hydrogen-bond acceptors (Lipinski definition) is 6. The second-order valence-corrected chi connectivity index (χ2v) is 5.16. The molecule has 3 aromatic rings. The number of nitro benzene ring substituents is 1. The molecule has 10 heteroatoms. The minimum atomic E-state index is -1.07. The van der Waals surface area contributed by atoms with Crippen LogP contribution in [0.2, 0.25) is 0 Å². The maximum Gasteiger partial charge on any atom is 0.335 e. The molecule has 0 unspecified atom stereocenters. The molecule has 26 heavy (non-hydrogen) atoms. The molecule has 0 aliphatic rings. The smallest absolute Gasteiger partial charge is 0.335 e. The van der Waals surface area contributed by atoms with E-state index in [2.05, 4.69) is 20.4 Å². The summed E-state index contributed by atoms with van der Waals surface area (Å²) in [5.74, 6) is -1.07. The number of non-ortho nitro benzene ring substituents is 1. The van der Waals surface area contributed by atoms with Gasteiger partial charge in [0, 0.05) is 17.7 Å². The molecule has 0 bridgehead atoms. The maximum atomic E-state index is 11.9. The van der Waals surface area contributed by atoms with Crippen LogP contribution in [0.3, 0.4) is 0 Å². The largest absolute Gasteiger partial charge is 0.478 e. The third-order valence-electron chi connectivity index (χ3n) is 3.48. The van der Waals surface area contributed by atoms with E-state index in [1.54, 1.807) is 6.07 Å². The minimum Gasteiger partial charge on any atom is -0.478 e. The van der Waals surface area contributed by atoms with Crippen molar-refractivity contribution in [1.82, 2.24) is 10.2 Å². The van der Waals surface area contributed by atoms with Crippen LogP contribution in [-0.2, 0) is 0 Å². The first-order valence-electron chi connectivity index (χ1n) is 7.26. The average molecular weight is 353 g/mol. The van der Waals surface area contributed by atoms with E-state index in [1.165, 1.54) is 42.5 Å². The van der Waals surface area contributed by atoms with Crippen molar-refractivity contribution in [2.24, 2.45) is 10.2 Å². The minimum absolute atomic E-state index is 0.0483. The van der Waals surface area contributed by atoms with E-state index in [4.69, 9.17) is 5.11 Å². The summed E-state index contributed by atoms with van der Waals surface area (Å²) in [6.07, 6.45) is 0. The van der Waals surface area contributed by atoms with Gasteiger partial charge in [0.15, 0.2) is 5.69 Å². The van der Waals surface area contributed by atoms with Crippen molar-refractivity contribution >= 4 is 23.0 Å². The van der Waals surface area contributed by atoms with Gasteiger partial charge in [-0.15, -0.1) is 5.11 Å². The predicted molar refractivity (Wildman–Crippen MR) is 91.1 cm³/mol. The zero-order valence-corrected chi connectivity index (χ0v) is 13.0. The summed E-state index contributed by atoms with van der Waals surface area (Å²) in [6.45, 7) is 0. The highest BCUT2D eigenvalue weighted by molar-refractivity contribution is 5.87. The second-order valence-electron chi connectivity index (χ2n) is 5.16. The zero-order chi connectivity index (χ0) is 18.7. The van der Waals surface area contributed by atoms with Gasteiger partial charge in [0.25, 0.3) is 11.2 Å². The lowest BCUT2D eigenvalue weighted by molar-refractivity contribution is -0.384. The zero-order valence-electron chi connectivity index (χ0n) is 13.0. The number of rotatable bonds is 5. The van der Waals surface area contributed by atoms with Crippen molar-refractivity contribution in [3.05, 3.63) is 74.6 Å². The Balaban J connectivity index is 1.96. The van der Waals surface area contributed by atoms with E-state index < -0.39 is 16.5 Å². The lowest BCUT2D eigenvalue weighted by atomic mass is 10.1. The van der Waals surface area contributed by atoms with Gasteiger partial charge in [0.1, 0.15) is 0 Å². The Morgan fingerprint density at radius 1 is 1.08 bits per heavy atom. The number of aromatic amines is 2. The Kier molecular flexibility index (Phi) is 4.39. The van der Waals surface area contributed by atoms with Gasteiger partial charge >= 0.3 is 5.97 Å². The normalized spacial score (nSPS) is 10.9. The maximum absolute atomic E-state index is 11.9. The Bertz CT molecular complexity index is 1070. The van der Waals surface area contributed by atoms with Gasteiger partial charge in [-0.2, -0.15) is 5.11 Å². The summed E-state index contributed by atoms with van der Waals surface area (Å²) in [5.41, 5.74) is 0.376. The molecule has 0 saturated carbocycles. The van der Waals surface area contributed by atoms with Crippen molar-refractivity contribution in [3.63, 3.8) is 0 Å². The summed E-state index contributed by atoms with van der Waals surface area (Å²) in [6, 6.07) is 11.3. The summed E-state index contributed by atoms with van der Waals surface area (Å²) in [4.78, 5) is 33.1. The number of hydrogen-bond donors (Lipinski definition) is 3. The van der Waals surface area contributed by atoms with Gasteiger partial charge in [-0.05, 0) is 24.3 Å². The van der Waals surface area contributed by atoms with Gasteiger partial charge in [0.05, 0.1) is 21.9 Å². The first-order chi connectivity index (χ1) is 12.5. The van der Waals surface area contributed by atoms with Gasteiger partial charge in [-0.1, -0.05) is 12.1 Å². The standard InChI is InChI=1S/C16H11N5O5/c22-15-14(19-17-11-6-4-9(5-7-11)16(23)24)13(18-20-15)10-2-1-3-12(8-10)21(25)26/h1-8H,(H,23,24)(H2,18,20,22). The molecule has 130 valence electrons. The van der Waals surface area contributed by atoms with Crippen LogP contribution in [0.15, 0.2) is 63.6 Å². The lowest BCUT2D eigenvalue weighted by Crippen LogP contribution is -1.96. The average Bonchev–Trinajstić information content (AvgIpc) is 3.01. The van der Waals surface area contributed by atoms with E-state index in [0.717, 1.165) is 0 Å². The van der Waals surface area contributed by atoms with Crippen LogP contribution in [-0.4, -0.2) is 26.2 Å². The fourth-order valence-corrected chi connectivity index (χ4v) is 2.21. The summed E-state index contributed by atoms with van der Waals surface area (Å²) < 4.78 is 0. The highest BCUT2D eigenvalue weighted by atomic mass is 16.6. The van der Waals surface area contributed by atoms with E-state index in [0.29, 0.717) is 11.3 Å².